The molecule has 5 rings (SSSR count). The Balaban J connectivity index is 1.17. The lowest BCUT2D eigenvalue weighted by atomic mass is 9.96. The fourth-order valence-electron chi connectivity index (χ4n) is 5.98. The van der Waals surface area contributed by atoms with Crippen LogP contribution in [0, 0.1) is 5.92 Å². The number of allylic oxidation sites excluding steroid dienone is 4. The number of hydrogen-bond donors (Lipinski definition) is 0. The highest BCUT2D eigenvalue weighted by molar-refractivity contribution is 8.09. The Morgan fingerprint density at radius 1 is 0.773 bits per heavy atom. The molecule has 1 amide bonds. The van der Waals surface area contributed by atoms with Crippen LogP contribution in [0.4, 0.5) is 0 Å². The van der Waals surface area contributed by atoms with E-state index in [-0.39, 0.29) is 11.3 Å². The van der Waals surface area contributed by atoms with Gasteiger partial charge >= 0.3 is 0 Å². The van der Waals surface area contributed by atoms with Crippen molar-refractivity contribution in [1.82, 2.24) is 19.6 Å². The summed E-state index contributed by atoms with van der Waals surface area (Å²) >= 11 is 3.83. The Morgan fingerprint density at radius 2 is 1.30 bits per heavy atom. The van der Waals surface area contributed by atoms with Crippen LogP contribution in [0.5, 0.6) is 0 Å². The zero-order valence-electron chi connectivity index (χ0n) is 27.0. The molecule has 0 N–H and O–H groups in total. The molecule has 2 aromatic rings. The average Bonchev–Trinajstić information content (AvgIpc) is 3.59. The SMILES string of the molecule is CCCN(C)CC1SC(c2ccc(-c3ccc(C4=CN(C)C(CN(CCC)C(=O)CC5C=CC=CC5)S4)cc3)cc2)=CN1C. The third-order valence-corrected chi connectivity index (χ3v) is 11.2. The van der Waals surface area contributed by atoms with Gasteiger partial charge in [-0.3, -0.25) is 4.79 Å². The van der Waals surface area contributed by atoms with E-state index in [1.54, 1.807) is 0 Å². The van der Waals surface area contributed by atoms with Gasteiger partial charge in [-0.1, -0.05) is 110 Å². The molecule has 1 aliphatic carbocycles. The van der Waals surface area contributed by atoms with E-state index in [2.05, 4.69) is 140 Å². The maximum absolute atomic E-state index is 13.2. The minimum absolute atomic E-state index is 0.225. The maximum Gasteiger partial charge on any atom is 0.223 e. The monoisotopic (exact) mass is 628 g/mol. The molecule has 234 valence electrons. The van der Waals surface area contributed by atoms with E-state index >= 15 is 0 Å². The van der Waals surface area contributed by atoms with Gasteiger partial charge in [0.15, 0.2) is 0 Å². The number of carbonyl (C=O) groups excluding carboxylic acids is 1. The third kappa shape index (κ3) is 8.23. The molecule has 0 saturated heterocycles. The molecule has 0 spiro atoms. The van der Waals surface area contributed by atoms with Crippen molar-refractivity contribution in [2.45, 2.75) is 50.3 Å². The van der Waals surface area contributed by atoms with Crippen LogP contribution in [0.15, 0.2) is 85.2 Å². The molecule has 0 bridgehead atoms. The van der Waals surface area contributed by atoms with Gasteiger partial charge in [0.05, 0.1) is 17.3 Å². The molecule has 2 heterocycles. The van der Waals surface area contributed by atoms with Crippen molar-refractivity contribution in [3.8, 4) is 11.1 Å². The van der Waals surface area contributed by atoms with Crippen molar-refractivity contribution in [2.75, 3.05) is 47.3 Å². The van der Waals surface area contributed by atoms with Gasteiger partial charge in [0.25, 0.3) is 0 Å². The summed E-state index contributed by atoms with van der Waals surface area (Å²) in [5.41, 5.74) is 4.97. The van der Waals surface area contributed by atoms with E-state index in [0.29, 0.717) is 17.7 Å². The second kappa shape index (κ2) is 15.4. The number of benzene rings is 2. The summed E-state index contributed by atoms with van der Waals surface area (Å²) in [5.74, 6) is 0.587. The molecule has 0 aromatic heterocycles. The van der Waals surface area contributed by atoms with Crippen molar-refractivity contribution in [2.24, 2.45) is 5.92 Å². The first-order chi connectivity index (χ1) is 21.3. The minimum atomic E-state index is 0.225. The highest BCUT2D eigenvalue weighted by Gasteiger charge is 2.28. The van der Waals surface area contributed by atoms with Crippen LogP contribution < -0.4 is 0 Å². The van der Waals surface area contributed by atoms with Gasteiger partial charge < -0.3 is 19.6 Å². The second-order valence-corrected chi connectivity index (χ2v) is 14.7. The van der Waals surface area contributed by atoms with Gasteiger partial charge in [0.2, 0.25) is 5.91 Å². The zero-order chi connectivity index (χ0) is 31.1. The molecule has 0 fully saturated rings. The Hall–Kier alpha value is -2.87. The summed E-state index contributed by atoms with van der Waals surface area (Å²) in [4.78, 5) is 24.9. The second-order valence-electron chi connectivity index (χ2n) is 12.2. The fraction of sp³-hybridized carbons (Fsp3) is 0.432. The van der Waals surface area contributed by atoms with Crippen LogP contribution in [-0.4, -0.2) is 83.6 Å². The molecular formula is C37H48N4OS2. The molecular weight excluding hydrogens is 581 g/mol. The van der Waals surface area contributed by atoms with Gasteiger partial charge in [0.1, 0.15) is 0 Å². The largest absolute Gasteiger partial charge is 0.366 e. The summed E-state index contributed by atoms with van der Waals surface area (Å²) in [6.07, 6.45) is 16.7. The Bertz CT molecular complexity index is 1380. The molecule has 3 atom stereocenters. The van der Waals surface area contributed by atoms with Gasteiger partial charge in [-0.2, -0.15) is 0 Å². The van der Waals surface area contributed by atoms with Crippen LogP contribution in [0.3, 0.4) is 0 Å². The Morgan fingerprint density at radius 3 is 1.80 bits per heavy atom. The summed E-state index contributed by atoms with van der Waals surface area (Å²) in [6, 6.07) is 17.9. The number of thioether (sulfide) groups is 2. The summed E-state index contributed by atoms with van der Waals surface area (Å²) in [7, 11) is 6.53. The van der Waals surface area contributed by atoms with E-state index in [4.69, 9.17) is 0 Å². The third-order valence-electron chi connectivity index (χ3n) is 8.55. The van der Waals surface area contributed by atoms with E-state index in [1.807, 2.05) is 23.5 Å². The van der Waals surface area contributed by atoms with E-state index in [1.165, 1.54) is 38.5 Å². The molecule has 2 aliphatic heterocycles. The topological polar surface area (TPSA) is 30.0 Å². The van der Waals surface area contributed by atoms with Crippen LogP contribution in [0.25, 0.3) is 20.9 Å². The first kappa shape index (κ1) is 32.5. The lowest BCUT2D eigenvalue weighted by molar-refractivity contribution is -0.132. The van der Waals surface area contributed by atoms with Crippen LogP contribution in [0.2, 0.25) is 0 Å². The quantitative estimate of drug-likeness (QED) is 0.223. The molecule has 7 heteroatoms. The van der Waals surface area contributed by atoms with Crippen LogP contribution in [0.1, 0.15) is 50.7 Å². The molecule has 3 aliphatic rings. The predicted molar refractivity (Wildman–Crippen MR) is 192 cm³/mol. The standard InChI is InChI=1S/C37H48N4OS2/c1-6-21-38(3)26-36-39(4)24-33(43-36)31-17-13-29(14-18-31)30-15-19-32(20-16-30)34-25-40(5)37(44-34)27-41(22-7-2)35(42)23-28-11-9-8-10-12-28/h8-11,13-20,24-25,28,36-37H,6-7,12,21-23,26-27H2,1-5H3. The van der Waals surface area contributed by atoms with Gasteiger partial charge in [-0.15, -0.1) is 0 Å². The normalized spacial score (nSPS) is 21.3. The lowest BCUT2D eigenvalue weighted by Crippen LogP contribution is -2.41. The van der Waals surface area contributed by atoms with Crippen molar-refractivity contribution in [3.63, 3.8) is 0 Å². The summed E-state index contributed by atoms with van der Waals surface area (Å²) in [5, 5.41) is 0.685. The summed E-state index contributed by atoms with van der Waals surface area (Å²) < 4.78 is 0. The number of hydrogen-bond acceptors (Lipinski definition) is 6. The minimum Gasteiger partial charge on any atom is -0.366 e. The lowest BCUT2D eigenvalue weighted by Gasteiger charge is -2.30. The highest BCUT2D eigenvalue weighted by Crippen LogP contribution is 2.41. The van der Waals surface area contributed by atoms with Crippen LogP contribution >= 0.6 is 23.5 Å². The molecule has 0 radical (unpaired) electrons. The average molecular weight is 629 g/mol. The zero-order valence-corrected chi connectivity index (χ0v) is 28.6. The van der Waals surface area contributed by atoms with E-state index in [0.717, 1.165) is 39.0 Å². The van der Waals surface area contributed by atoms with Crippen molar-refractivity contribution >= 4 is 39.2 Å². The maximum atomic E-state index is 13.2. The Labute approximate surface area is 273 Å². The molecule has 0 saturated carbocycles. The van der Waals surface area contributed by atoms with Gasteiger partial charge in [-0.05, 0) is 61.0 Å². The predicted octanol–water partition coefficient (Wildman–Crippen LogP) is 8.06. The van der Waals surface area contributed by atoms with E-state index in [9.17, 15) is 4.79 Å². The number of amides is 1. The smallest absolute Gasteiger partial charge is 0.223 e. The highest BCUT2D eigenvalue weighted by atomic mass is 32.2. The number of likely N-dealkylation sites (N-methyl/N-ethyl adjacent to an activating group) is 3. The first-order valence-corrected chi connectivity index (χ1v) is 17.8. The van der Waals surface area contributed by atoms with Gasteiger partial charge in [-0.25, -0.2) is 0 Å². The van der Waals surface area contributed by atoms with Crippen molar-refractivity contribution < 1.29 is 4.79 Å². The van der Waals surface area contributed by atoms with Crippen molar-refractivity contribution in [1.29, 1.82) is 0 Å². The number of carbonyl (C=O) groups is 1. The molecule has 2 aromatic carbocycles. The first-order valence-electron chi connectivity index (χ1n) is 16.1. The Kier molecular flexibility index (Phi) is 11.4. The van der Waals surface area contributed by atoms with E-state index < -0.39 is 0 Å². The molecule has 3 unspecified atom stereocenters. The van der Waals surface area contributed by atoms with Crippen LogP contribution in [-0.2, 0) is 4.79 Å². The molecule has 5 nitrogen and oxygen atoms in total. The number of rotatable bonds is 13. The van der Waals surface area contributed by atoms with Gasteiger partial charge in [0, 0.05) is 55.8 Å². The number of nitrogens with zero attached hydrogens (tertiary/aromatic N) is 4. The molecule has 44 heavy (non-hydrogen) atoms. The summed E-state index contributed by atoms with van der Waals surface area (Å²) in [6.45, 7) is 8.14. The fourth-order valence-corrected chi connectivity index (χ4v) is 8.60. The van der Waals surface area contributed by atoms with Crippen molar-refractivity contribution in [3.05, 3.63) is 96.4 Å².